The smallest absolute Gasteiger partial charge is 0.258 e. The van der Waals surface area contributed by atoms with Gasteiger partial charge in [-0.1, -0.05) is 23.7 Å². The Morgan fingerprint density at radius 3 is 2.65 bits per heavy atom. The number of aromatic nitrogens is 1. The fourth-order valence-corrected chi connectivity index (χ4v) is 1.53. The Kier molecular flexibility index (Phi) is 3.25. The third kappa shape index (κ3) is 2.73. The summed E-state index contributed by atoms with van der Waals surface area (Å²) in [6, 6.07) is 10.1. The van der Waals surface area contributed by atoms with E-state index < -0.39 is 0 Å². The zero-order chi connectivity index (χ0) is 12.3. The number of hydrogen-bond donors (Lipinski definition) is 2. The molecule has 0 aliphatic rings. The molecule has 1 aromatic heterocycles. The molecule has 0 saturated heterocycles. The van der Waals surface area contributed by atoms with Crippen LogP contribution >= 0.6 is 11.6 Å². The Morgan fingerprint density at radius 1 is 1.24 bits per heavy atom. The largest absolute Gasteiger partial charge is 0.397 e. The third-order valence-corrected chi connectivity index (χ3v) is 2.48. The molecule has 86 valence electrons. The molecule has 5 heteroatoms. The van der Waals surface area contributed by atoms with Crippen molar-refractivity contribution in [1.82, 2.24) is 4.98 Å². The van der Waals surface area contributed by atoms with Crippen LogP contribution < -0.4 is 11.1 Å². The number of benzene rings is 1. The zero-order valence-corrected chi connectivity index (χ0v) is 9.61. The van der Waals surface area contributed by atoms with E-state index in [-0.39, 0.29) is 5.91 Å². The van der Waals surface area contributed by atoms with E-state index in [1.807, 2.05) is 0 Å². The summed E-state index contributed by atoms with van der Waals surface area (Å²) in [4.78, 5) is 15.8. The predicted octanol–water partition coefficient (Wildman–Crippen LogP) is 2.57. The van der Waals surface area contributed by atoms with Gasteiger partial charge in [-0.15, -0.1) is 0 Å². The highest BCUT2D eigenvalue weighted by molar-refractivity contribution is 6.34. The normalized spacial score (nSPS) is 9.94. The van der Waals surface area contributed by atoms with E-state index in [4.69, 9.17) is 17.3 Å². The predicted molar refractivity (Wildman–Crippen MR) is 68.1 cm³/mol. The summed E-state index contributed by atoms with van der Waals surface area (Å²) >= 11 is 5.91. The zero-order valence-electron chi connectivity index (χ0n) is 8.85. The molecule has 1 heterocycles. The molecule has 0 unspecified atom stereocenters. The molecule has 0 aliphatic carbocycles. The molecule has 1 amide bonds. The number of nitrogen functional groups attached to an aromatic ring is 1. The first-order chi connectivity index (χ1) is 8.16. The number of halogens is 1. The second-order valence-electron chi connectivity index (χ2n) is 3.41. The van der Waals surface area contributed by atoms with Crippen molar-refractivity contribution in [3.05, 3.63) is 53.2 Å². The summed E-state index contributed by atoms with van der Waals surface area (Å²) in [6.45, 7) is 0. The molecule has 2 rings (SSSR count). The van der Waals surface area contributed by atoms with Crippen LogP contribution in [0.4, 0.5) is 11.5 Å². The maximum atomic E-state index is 11.9. The van der Waals surface area contributed by atoms with E-state index in [1.54, 1.807) is 36.4 Å². The van der Waals surface area contributed by atoms with Gasteiger partial charge in [0.05, 0.1) is 22.5 Å². The molecule has 0 radical (unpaired) electrons. The first-order valence-corrected chi connectivity index (χ1v) is 5.32. The highest BCUT2D eigenvalue weighted by atomic mass is 35.5. The number of nitrogens with two attached hydrogens (primary N) is 1. The van der Waals surface area contributed by atoms with Crippen LogP contribution in [0.3, 0.4) is 0 Å². The van der Waals surface area contributed by atoms with Crippen molar-refractivity contribution in [2.75, 3.05) is 11.1 Å². The fourth-order valence-electron chi connectivity index (χ4n) is 1.31. The minimum Gasteiger partial charge on any atom is -0.397 e. The number of nitrogens with zero attached hydrogens (tertiary/aromatic N) is 1. The first-order valence-electron chi connectivity index (χ1n) is 4.94. The first kappa shape index (κ1) is 11.4. The van der Waals surface area contributed by atoms with Crippen LogP contribution in [0, 0.1) is 0 Å². The average Bonchev–Trinajstić information content (AvgIpc) is 2.32. The van der Waals surface area contributed by atoms with Gasteiger partial charge >= 0.3 is 0 Å². The van der Waals surface area contributed by atoms with Gasteiger partial charge < -0.3 is 11.1 Å². The van der Waals surface area contributed by atoms with Crippen molar-refractivity contribution in [1.29, 1.82) is 0 Å². The number of carbonyl (C=O) groups is 1. The van der Waals surface area contributed by atoms with Crippen LogP contribution in [0.2, 0.25) is 5.02 Å². The van der Waals surface area contributed by atoms with E-state index >= 15 is 0 Å². The lowest BCUT2D eigenvalue weighted by Crippen LogP contribution is -2.13. The van der Waals surface area contributed by atoms with Crippen molar-refractivity contribution in [2.24, 2.45) is 0 Å². The molecule has 0 aliphatic heterocycles. The molecule has 0 fully saturated rings. The maximum absolute atomic E-state index is 11.9. The van der Waals surface area contributed by atoms with Gasteiger partial charge in [0, 0.05) is 0 Å². The lowest BCUT2D eigenvalue weighted by Gasteiger charge is -2.05. The minimum atomic E-state index is -0.298. The molecule has 0 spiro atoms. The number of carbonyl (C=O) groups excluding carboxylic acids is 1. The SMILES string of the molecule is Nc1ccc(NC(=O)c2ccccc2Cl)nc1. The van der Waals surface area contributed by atoms with Gasteiger partial charge in [-0.25, -0.2) is 4.98 Å². The molecule has 1 aromatic carbocycles. The van der Waals surface area contributed by atoms with Crippen LogP contribution in [0.15, 0.2) is 42.6 Å². The molecule has 0 saturated carbocycles. The lowest BCUT2D eigenvalue weighted by molar-refractivity contribution is 0.102. The Morgan fingerprint density at radius 2 is 2.00 bits per heavy atom. The maximum Gasteiger partial charge on any atom is 0.258 e. The minimum absolute atomic E-state index is 0.298. The molecule has 3 N–H and O–H groups in total. The number of hydrogen-bond acceptors (Lipinski definition) is 3. The van der Waals surface area contributed by atoms with Crippen molar-refractivity contribution >= 4 is 29.0 Å². The lowest BCUT2D eigenvalue weighted by atomic mass is 10.2. The molecule has 0 bridgehead atoms. The van der Waals surface area contributed by atoms with Gasteiger partial charge in [0.15, 0.2) is 0 Å². The van der Waals surface area contributed by atoms with Gasteiger partial charge in [-0.3, -0.25) is 4.79 Å². The fraction of sp³-hybridized carbons (Fsp3) is 0. The van der Waals surface area contributed by atoms with Crippen molar-refractivity contribution < 1.29 is 4.79 Å². The number of nitrogens with one attached hydrogen (secondary N) is 1. The monoisotopic (exact) mass is 247 g/mol. The molecule has 17 heavy (non-hydrogen) atoms. The Bertz CT molecular complexity index is 540. The van der Waals surface area contributed by atoms with Gasteiger partial charge in [0.2, 0.25) is 0 Å². The summed E-state index contributed by atoms with van der Waals surface area (Å²) in [5.41, 5.74) is 6.45. The van der Waals surface area contributed by atoms with E-state index in [9.17, 15) is 4.79 Å². The van der Waals surface area contributed by atoms with E-state index in [2.05, 4.69) is 10.3 Å². The van der Waals surface area contributed by atoms with Crippen LogP contribution in [0.25, 0.3) is 0 Å². The average molecular weight is 248 g/mol. The Balaban J connectivity index is 2.17. The Hall–Kier alpha value is -2.07. The summed E-state index contributed by atoms with van der Waals surface area (Å²) in [6.07, 6.45) is 1.47. The molecular formula is C12H10ClN3O. The standard InChI is InChI=1S/C12H10ClN3O/c13-10-4-2-1-3-9(10)12(17)16-11-6-5-8(14)7-15-11/h1-7H,14H2,(H,15,16,17). The molecule has 2 aromatic rings. The van der Waals surface area contributed by atoms with Crippen molar-refractivity contribution in [2.45, 2.75) is 0 Å². The van der Waals surface area contributed by atoms with Crippen LogP contribution in [0.5, 0.6) is 0 Å². The number of rotatable bonds is 2. The van der Waals surface area contributed by atoms with Gasteiger partial charge in [-0.2, -0.15) is 0 Å². The summed E-state index contributed by atoms with van der Waals surface area (Å²) < 4.78 is 0. The van der Waals surface area contributed by atoms with Gasteiger partial charge in [0.25, 0.3) is 5.91 Å². The van der Waals surface area contributed by atoms with Crippen molar-refractivity contribution in [3.8, 4) is 0 Å². The second-order valence-corrected chi connectivity index (χ2v) is 3.82. The topological polar surface area (TPSA) is 68.0 Å². The quantitative estimate of drug-likeness (QED) is 0.857. The Labute approximate surface area is 103 Å². The van der Waals surface area contributed by atoms with E-state index in [0.717, 1.165) is 0 Å². The molecule has 4 nitrogen and oxygen atoms in total. The van der Waals surface area contributed by atoms with E-state index in [1.165, 1.54) is 6.20 Å². The van der Waals surface area contributed by atoms with Crippen LogP contribution in [-0.4, -0.2) is 10.9 Å². The van der Waals surface area contributed by atoms with Gasteiger partial charge in [-0.05, 0) is 24.3 Å². The summed E-state index contributed by atoms with van der Waals surface area (Å²) in [7, 11) is 0. The molecular weight excluding hydrogens is 238 g/mol. The van der Waals surface area contributed by atoms with Crippen LogP contribution in [-0.2, 0) is 0 Å². The van der Waals surface area contributed by atoms with E-state index in [0.29, 0.717) is 22.1 Å². The van der Waals surface area contributed by atoms with Gasteiger partial charge in [0.1, 0.15) is 5.82 Å². The highest BCUT2D eigenvalue weighted by Crippen LogP contribution is 2.16. The second kappa shape index (κ2) is 4.84. The number of amides is 1. The summed E-state index contributed by atoms with van der Waals surface area (Å²) in [5, 5.41) is 3.04. The summed E-state index contributed by atoms with van der Waals surface area (Å²) in [5.74, 6) is 0.136. The number of pyridine rings is 1. The van der Waals surface area contributed by atoms with Crippen molar-refractivity contribution in [3.63, 3.8) is 0 Å². The highest BCUT2D eigenvalue weighted by Gasteiger charge is 2.09. The molecule has 0 atom stereocenters. The van der Waals surface area contributed by atoms with Crippen LogP contribution in [0.1, 0.15) is 10.4 Å². The number of anilines is 2. The third-order valence-electron chi connectivity index (χ3n) is 2.15.